The number of nitrogens with zero attached hydrogens (tertiary/aromatic N) is 2. The number of amides is 1. The number of nitrogens with one attached hydrogen (secondary N) is 1. The second-order valence-electron chi connectivity index (χ2n) is 8.75. The van der Waals surface area contributed by atoms with E-state index in [9.17, 15) is 13.2 Å². The zero-order valence-electron chi connectivity index (χ0n) is 18.9. The monoisotopic (exact) mass is 479 g/mol. The Bertz CT molecular complexity index is 1080. The number of benzene rings is 2. The molecule has 2 aromatic rings. The molecule has 3 rings (SSSR count). The Morgan fingerprint density at radius 3 is 2.47 bits per heavy atom. The molecule has 9 heteroatoms. The van der Waals surface area contributed by atoms with Crippen LogP contribution in [0.15, 0.2) is 47.4 Å². The van der Waals surface area contributed by atoms with Crippen LogP contribution in [0.25, 0.3) is 0 Å². The molecule has 1 fully saturated rings. The summed E-state index contributed by atoms with van der Waals surface area (Å²) in [6.45, 7) is 9.37. The van der Waals surface area contributed by atoms with Gasteiger partial charge in [-0.15, -0.1) is 0 Å². The fourth-order valence-electron chi connectivity index (χ4n) is 3.74. The van der Waals surface area contributed by atoms with Crippen molar-refractivity contribution in [1.29, 1.82) is 0 Å². The van der Waals surface area contributed by atoms with Crippen molar-refractivity contribution < 1.29 is 17.9 Å². The molecule has 174 valence electrons. The van der Waals surface area contributed by atoms with Gasteiger partial charge in [0.25, 0.3) is 15.9 Å². The minimum Gasteiger partial charge on any atom is -0.495 e. The predicted molar refractivity (Wildman–Crippen MR) is 127 cm³/mol. The van der Waals surface area contributed by atoms with Gasteiger partial charge in [-0.05, 0) is 57.5 Å². The van der Waals surface area contributed by atoms with E-state index in [1.54, 1.807) is 35.2 Å². The lowest BCUT2D eigenvalue weighted by atomic mass is 10.1. The first-order valence-corrected chi connectivity index (χ1v) is 12.4. The molecule has 0 aromatic heterocycles. The summed E-state index contributed by atoms with van der Waals surface area (Å²) in [6.07, 6.45) is 0.858. The van der Waals surface area contributed by atoms with Crippen LogP contribution in [0.4, 0.5) is 5.69 Å². The Hall–Kier alpha value is -2.29. The Balaban J connectivity index is 1.84. The Labute approximate surface area is 195 Å². The highest BCUT2D eigenvalue weighted by molar-refractivity contribution is 7.92. The van der Waals surface area contributed by atoms with Crippen LogP contribution in [0.5, 0.6) is 5.75 Å². The molecule has 1 aliphatic heterocycles. The summed E-state index contributed by atoms with van der Waals surface area (Å²) in [5, 5.41) is 0.0405. The highest BCUT2D eigenvalue weighted by atomic mass is 35.5. The van der Waals surface area contributed by atoms with Gasteiger partial charge in [-0.1, -0.05) is 23.7 Å². The van der Waals surface area contributed by atoms with E-state index >= 15 is 0 Å². The van der Waals surface area contributed by atoms with Crippen LogP contribution in [0.1, 0.15) is 37.6 Å². The number of carbonyl (C=O) groups is 1. The summed E-state index contributed by atoms with van der Waals surface area (Å²) in [6, 6.07) is 11.0. The Kier molecular flexibility index (Phi) is 7.37. The zero-order valence-corrected chi connectivity index (χ0v) is 20.5. The van der Waals surface area contributed by atoms with Crippen molar-refractivity contribution in [2.45, 2.75) is 37.6 Å². The normalized spacial score (nSPS) is 15.8. The SMILES string of the molecule is COc1ccccc1NS(=O)(=O)c1cc(C(=O)N2CCCN(C(C)(C)C)CC2)ccc1Cl. The standard InChI is InChI=1S/C23H30ClN3O4S/c1-23(2,3)27-13-7-12-26(14-15-27)22(28)17-10-11-18(24)21(16-17)32(29,30)25-19-8-5-6-9-20(19)31-4/h5-6,8-11,16,25H,7,12-15H2,1-4H3. The van der Waals surface area contributed by atoms with E-state index in [0.29, 0.717) is 24.4 Å². The minimum atomic E-state index is -4.04. The molecule has 0 bridgehead atoms. The Morgan fingerprint density at radius 1 is 1.06 bits per heavy atom. The van der Waals surface area contributed by atoms with Crippen molar-refractivity contribution in [3.05, 3.63) is 53.1 Å². The molecule has 0 unspecified atom stereocenters. The molecular formula is C23H30ClN3O4S. The Morgan fingerprint density at radius 2 is 1.78 bits per heavy atom. The first kappa shape index (κ1) is 24.4. The van der Waals surface area contributed by atoms with Crippen LogP contribution in [0, 0.1) is 0 Å². The van der Waals surface area contributed by atoms with Crippen molar-refractivity contribution in [3.8, 4) is 5.75 Å². The van der Waals surface area contributed by atoms with Gasteiger partial charge in [-0.3, -0.25) is 14.4 Å². The van der Waals surface area contributed by atoms with Crippen LogP contribution in [-0.4, -0.2) is 63.0 Å². The van der Waals surface area contributed by atoms with Gasteiger partial charge < -0.3 is 9.64 Å². The smallest absolute Gasteiger partial charge is 0.263 e. The molecule has 32 heavy (non-hydrogen) atoms. The van der Waals surface area contributed by atoms with Gasteiger partial charge in [-0.2, -0.15) is 0 Å². The largest absolute Gasteiger partial charge is 0.495 e. The lowest BCUT2D eigenvalue weighted by molar-refractivity contribution is 0.0749. The third-order valence-electron chi connectivity index (χ3n) is 5.55. The third kappa shape index (κ3) is 5.54. The first-order valence-electron chi connectivity index (χ1n) is 10.5. The van der Waals surface area contributed by atoms with E-state index in [1.165, 1.54) is 19.2 Å². The average Bonchev–Trinajstić information content (AvgIpc) is 3.00. The molecule has 0 saturated carbocycles. The third-order valence-corrected chi connectivity index (χ3v) is 7.40. The molecule has 1 amide bonds. The number of anilines is 1. The van der Waals surface area contributed by atoms with Gasteiger partial charge in [0.2, 0.25) is 0 Å². The summed E-state index contributed by atoms with van der Waals surface area (Å²) in [7, 11) is -2.58. The lowest BCUT2D eigenvalue weighted by Gasteiger charge is -2.34. The molecule has 7 nitrogen and oxygen atoms in total. The maximum atomic E-state index is 13.2. The van der Waals surface area contributed by atoms with Crippen LogP contribution >= 0.6 is 11.6 Å². The van der Waals surface area contributed by atoms with Gasteiger partial charge in [0, 0.05) is 37.3 Å². The number of ether oxygens (including phenoxy) is 1. The second kappa shape index (κ2) is 9.68. The van der Waals surface area contributed by atoms with Crippen molar-refractivity contribution in [1.82, 2.24) is 9.80 Å². The van der Waals surface area contributed by atoms with Gasteiger partial charge >= 0.3 is 0 Å². The molecule has 0 radical (unpaired) electrons. The minimum absolute atomic E-state index is 0.0325. The summed E-state index contributed by atoms with van der Waals surface area (Å²) < 4.78 is 33.9. The van der Waals surface area contributed by atoms with Gasteiger partial charge in [-0.25, -0.2) is 8.42 Å². The first-order chi connectivity index (χ1) is 15.0. The summed E-state index contributed by atoms with van der Waals surface area (Å²) in [5.74, 6) is 0.179. The topological polar surface area (TPSA) is 78.9 Å². The molecule has 1 heterocycles. The fourth-order valence-corrected chi connectivity index (χ4v) is 5.34. The summed E-state index contributed by atoms with van der Waals surface area (Å²) in [4.78, 5) is 17.2. The van der Waals surface area contributed by atoms with Crippen molar-refractivity contribution in [2.24, 2.45) is 0 Å². The van der Waals surface area contributed by atoms with Gasteiger partial charge in [0.15, 0.2) is 0 Å². The highest BCUT2D eigenvalue weighted by Gasteiger charge is 2.27. The number of sulfonamides is 1. The van der Waals surface area contributed by atoms with Gasteiger partial charge in [0.1, 0.15) is 10.6 Å². The molecule has 1 saturated heterocycles. The number of carbonyl (C=O) groups excluding carboxylic acids is 1. The quantitative estimate of drug-likeness (QED) is 0.698. The second-order valence-corrected chi connectivity index (χ2v) is 10.8. The van der Waals surface area contributed by atoms with E-state index in [1.807, 2.05) is 0 Å². The lowest BCUT2D eigenvalue weighted by Crippen LogP contribution is -2.44. The van der Waals surface area contributed by atoms with Crippen LogP contribution in [0.2, 0.25) is 5.02 Å². The van der Waals surface area contributed by atoms with E-state index in [2.05, 4.69) is 30.4 Å². The number of rotatable bonds is 5. The molecule has 0 aliphatic carbocycles. The molecule has 0 atom stereocenters. The van der Waals surface area contributed by atoms with Crippen molar-refractivity contribution in [3.63, 3.8) is 0 Å². The van der Waals surface area contributed by atoms with Crippen LogP contribution in [0.3, 0.4) is 0 Å². The molecule has 1 N–H and O–H groups in total. The average molecular weight is 480 g/mol. The van der Waals surface area contributed by atoms with Crippen LogP contribution < -0.4 is 9.46 Å². The summed E-state index contributed by atoms with van der Waals surface area (Å²) >= 11 is 6.22. The van der Waals surface area contributed by atoms with Crippen molar-refractivity contribution >= 4 is 33.2 Å². The fraction of sp³-hybridized carbons (Fsp3) is 0.435. The van der Waals surface area contributed by atoms with E-state index < -0.39 is 10.0 Å². The summed E-state index contributed by atoms with van der Waals surface area (Å²) in [5.41, 5.74) is 0.613. The number of halogens is 1. The number of para-hydroxylation sites is 2. The predicted octanol–water partition coefficient (Wildman–Crippen LogP) is 4.10. The maximum absolute atomic E-state index is 13.2. The number of methoxy groups -OCH3 is 1. The zero-order chi connectivity index (χ0) is 23.5. The van der Waals surface area contributed by atoms with E-state index in [4.69, 9.17) is 16.3 Å². The molecule has 2 aromatic carbocycles. The molecular weight excluding hydrogens is 450 g/mol. The maximum Gasteiger partial charge on any atom is 0.263 e. The number of hydrogen-bond donors (Lipinski definition) is 1. The van der Waals surface area contributed by atoms with Gasteiger partial charge in [0.05, 0.1) is 17.8 Å². The van der Waals surface area contributed by atoms with E-state index in [-0.39, 0.29) is 27.1 Å². The highest BCUT2D eigenvalue weighted by Crippen LogP contribution is 2.30. The van der Waals surface area contributed by atoms with Crippen LogP contribution in [-0.2, 0) is 10.0 Å². The number of hydrogen-bond acceptors (Lipinski definition) is 5. The van der Waals surface area contributed by atoms with Crippen molar-refractivity contribution in [2.75, 3.05) is 38.0 Å². The molecule has 0 spiro atoms. The molecule has 1 aliphatic rings. The van der Waals surface area contributed by atoms with E-state index in [0.717, 1.165) is 19.5 Å².